The lowest BCUT2D eigenvalue weighted by atomic mass is 10.1. The highest BCUT2D eigenvalue weighted by Crippen LogP contribution is 2.32. The minimum atomic E-state index is -4.40. The fraction of sp³-hybridized carbons (Fsp3) is 0.435. The van der Waals surface area contributed by atoms with Crippen LogP contribution in [0.5, 0.6) is 0 Å². The van der Waals surface area contributed by atoms with Crippen molar-refractivity contribution >= 4 is 21.6 Å². The molecule has 6 nitrogen and oxygen atoms in total. The van der Waals surface area contributed by atoms with E-state index in [1.807, 2.05) is 4.90 Å². The number of alkyl halides is 3. The standard InChI is InChI=1S/C23H26F3N3O3S/c24-23(25,26)20-4-3-5-21(16-20)27-12-14-28(15-13-27)22(30)19-8-6-18(7-9-19)17-33(31,32)29-10-1-2-11-29/h3-9,16H,1-2,10-15,17H2. The van der Waals surface area contributed by atoms with Gasteiger partial charge in [-0.3, -0.25) is 4.79 Å². The lowest BCUT2D eigenvalue weighted by Crippen LogP contribution is -2.48. The molecule has 0 bridgehead atoms. The third-order valence-electron chi connectivity index (χ3n) is 6.11. The van der Waals surface area contributed by atoms with E-state index < -0.39 is 21.8 Å². The number of carbonyl (C=O) groups is 1. The van der Waals surface area contributed by atoms with E-state index in [2.05, 4.69) is 0 Å². The zero-order valence-corrected chi connectivity index (χ0v) is 18.9. The van der Waals surface area contributed by atoms with Gasteiger partial charge in [0.15, 0.2) is 0 Å². The van der Waals surface area contributed by atoms with Crippen molar-refractivity contribution in [3.8, 4) is 0 Å². The number of nitrogens with zero attached hydrogens (tertiary/aromatic N) is 3. The number of anilines is 1. The van der Waals surface area contributed by atoms with Crippen LogP contribution < -0.4 is 4.90 Å². The second-order valence-corrected chi connectivity index (χ2v) is 10.4. The first kappa shape index (κ1) is 23.6. The second kappa shape index (κ2) is 9.34. The lowest BCUT2D eigenvalue weighted by molar-refractivity contribution is -0.137. The van der Waals surface area contributed by atoms with Crippen molar-refractivity contribution in [3.63, 3.8) is 0 Å². The average Bonchev–Trinajstić information content (AvgIpc) is 3.35. The van der Waals surface area contributed by atoms with Crippen LogP contribution in [0, 0.1) is 0 Å². The maximum atomic E-state index is 13.0. The summed E-state index contributed by atoms with van der Waals surface area (Å²) in [6.45, 7) is 2.76. The first-order valence-electron chi connectivity index (χ1n) is 10.9. The fourth-order valence-electron chi connectivity index (χ4n) is 4.24. The Morgan fingerprint density at radius 3 is 2.12 bits per heavy atom. The smallest absolute Gasteiger partial charge is 0.368 e. The van der Waals surface area contributed by atoms with E-state index in [1.54, 1.807) is 35.2 Å². The predicted octanol–water partition coefficient (Wildman–Crippen LogP) is 3.59. The summed E-state index contributed by atoms with van der Waals surface area (Å²) in [6, 6.07) is 11.8. The van der Waals surface area contributed by atoms with Crippen LogP contribution in [-0.4, -0.2) is 62.8 Å². The van der Waals surface area contributed by atoms with Gasteiger partial charge < -0.3 is 9.80 Å². The van der Waals surface area contributed by atoms with Gasteiger partial charge in [0.2, 0.25) is 10.0 Å². The summed E-state index contributed by atoms with van der Waals surface area (Å²) in [5.74, 6) is -0.260. The van der Waals surface area contributed by atoms with Crippen molar-refractivity contribution in [2.24, 2.45) is 0 Å². The molecule has 4 rings (SSSR count). The van der Waals surface area contributed by atoms with Gasteiger partial charge in [0.25, 0.3) is 5.91 Å². The molecule has 0 spiro atoms. The summed E-state index contributed by atoms with van der Waals surface area (Å²) in [4.78, 5) is 16.4. The highest BCUT2D eigenvalue weighted by Gasteiger charge is 2.31. The Bertz CT molecular complexity index is 1090. The summed E-state index contributed by atoms with van der Waals surface area (Å²) in [5, 5.41) is 0. The molecule has 0 aromatic heterocycles. The van der Waals surface area contributed by atoms with Gasteiger partial charge in [0.05, 0.1) is 11.3 Å². The number of amides is 1. The van der Waals surface area contributed by atoms with Crippen molar-refractivity contribution in [1.29, 1.82) is 0 Å². The van der Waals surface area contributed by atoms with Crippen molar-refractivity contribution in [1.82, 2.24) is 9.21 Å². The van der Waals surface area contributed by atoms with Crippen LogP contribution in [0.2, 0.25) is 0 Å². The summed E-state index contributed by atoms with van der Waals surface area (Å²) < 4.78 is 65.4. The highest BCUT2D eigenvalue weighted by molar-refractivity contribution is 7.88. The molecule has 2 saturated heterocycles. The van der Waals surface area contributed by atoms with Gasteiger partial charge in [-0.25, -0.2) is 12.7 Å². The zero-order valence-electron chi connectivity index (χ0n) is 18.1. The molecule has 2 aromatic carbocycles. The van der Waals surface area contributed by atoms with Gasteiger partial charge in [-0.15, -0.1) is 0 Å². The molecule has 0 atom stereocenters. The number of halogens is 3. The monoisotopic (exact) mass is 481 g/mol. The van der Waals surface area contributed by atoms with E-state index >= 15 is 0 Å². The van der Waals surface area contributed by atoms with E-state index in [0.717, 1.165) is 25.0 Å². The maximum absolute atomic E-state index is 13.0. The lowest BCUT2D eigenvalue weighted by Gasteiger charge is -2.36. The zero-order chi connectivity index (χ0) is 23.6. The van der Waals surface area contributed by atoms with E-state index in [0.29, 0.717) is 56.1 Å². The molecule has 2 aromatic rings. The quantitative estimate of drug-likeness (QED) is 0.655. The molecule has 0 saturated carbocycles. The topological polar surface area (TPSA) is 60.9 Å². The number of hydrogen-bond acceptors (Lipinski definition) is 4. The molecule has 2 aliphatic rings. The third kappa shape index (κ3) is 5.50. The van der Waals surface area contributed by atoms with Crippen LogP contribution in [0.15, 0.2) is 48.5 Å². The molecular weight excluding hydrogens is 455 g/mol. The average molecular weight is 482 g/mol. The van der Waals surface area contributed by atoms with Gasteiger partial charge >= 0.3 is 6.18 Å². The van der Waals surface area contributed by atoms with Crippen molar-refractivity contribution in [3.05, 3.63) is 65.2 Å². The molecule has 178 valence electrons. The Kier molecular flexibility index (Phi) is 6.67. The number of piperazine rings is 1. The van der Waals surface area contributed by atoms with Crippen LogP contribution in [0.3, 0.4) is 0 Å². The van der Waals surface area contributed by atoms with E-state index in [4.69, 9.17) is 0 Å². The minimum Gasteiger partial charge on any atom is -0.368 e. The molecular formula is C23H26F3N3O3S. The number of rotatable bonds is 5. The van der Waals surface area contributed by atoms with Gasteiger partial charge in [0.1, 0.15) is 0 Å². The van der Waals surface area contributed by atoms with Gasteiger partial charge in [-0.2, -0.15) is 13.2 Å². The maximum Gasteiger partial charge on any atom is 0.416 e. The largest absolute Gasteiger partial charge is 0.416 e. The van der Waals surface area contributed by atoms with Gasteiger partial charge in [-0.1, -0.05) is 18.2 Å². The second-order valence-electron chi connectivity index (χ2n) is 8.39. The molecule has 10 heteroatoms. The van der Waals surface area contributed by atoms with Gasteiger partial charge in [0, 0.05) is 50.5 Å². The molecule has 2 aliphatic heterocycles. The summed E-state index contributed by atoms with van der Waals surface area (Å²) >= 11 is 0. The SMILES string of the molecule is O=C(c1ccc(CS(=O)(=O)N2CCCC2)cc1)N1CCN(c2cccc(C(F)(F)F)c2)CC1. The Hall–Kier alpha value is -2.59. The number of hydrogen-bond donors (Lipinski definition) is 0. The molecule has 33 heavy (non-hydrogen) atoms. The molecule has 2 heterocycles. The van der Waals surface area contributed by atoms with Crippen molar-refractivity contribution in [2.45, 2.75) is 24.8 Å². The number of sulfonamides is 1. The van der Waals surface area contributed by atoms with Gasteiger partial charge in [-0.05, 0) is 48.7 Å². The van der Waals surface area contributed by atoms with Crippen LogP contribution in [0.4, 0.5) is 18.9 Å². The molecule has 0 aliphatic carbocycles. The van der Waals surface area contributed by atoms with E-state index in [1.165, 1.54) is 10.4 Å². The van der Waals surface area contributed by atoms with E-state index in [9.17, 15) is 26.4 Å². The summed E-state index contributed by atoms with van der Waals surface area (Å²) in [7, 11) is -3.35. The fourth-order valence-corrected chi connectivity index (χ4v) is 5.85. The van der Waals surface area contributed by atoms with E-state index in [-0.39, 0.29) is 11.7 Å². The third-order valence-corrected chi connectivity index (χ3v) is 7.96. The first-order chi connectivity index (χ1) is 15.6. The van der Waals surface area contributed by atoms with Crippen LogP contribution in [0.1, 0.15) is 34.3 Å². The molecule has 0 N–H and O–H groups in total. The summed E-state index contributed by atoms with van der Waals surface area (Å²) in [5.41, 5.74) is 0.892. The Labute approximate surface area is 191 Å². The molecule has 2 fully saturated rings. The highest BCUT2D eigenvalue weighted by atomic mass is 32.2. The predicted molar refractivity (Wildman–Crippen MR) is 119 cm³/mol. The Morgan fingerprint density at radius 1 is 0.879 bits per heavy atom. The molecule has 0 unspecified atom stereocenters. The first-order valence-corrected chi connectivity index (χ1v) is 12.5. The molecule has 1 amide bonds. The normalized spacial score (nSPS) is 18.0. The number of carbonyl (C=O) groups excluding carboxylic acids is 1. The Balaban J connectivity index is 1.35. The molecule has 0 radical (unpaired) electrons. The van der Waals surface area contributed by atoms with Crippen LogP contribution in [0.25, 0.3) is 0 Å². The summed E-state index contributed by atoms with van der Waals surface area (Å²) in [6.07, 6.45) is -2.63. The Morgan fingerprint density at radius 2 is 1.52 bits per heavy atom. The number of benzene rings is 2. The van der Waals surface area contributed by atoms with Crippen LogP contribution >= 0.6 is 0 Å². The van der Waals surface area contributed by atoms with Crippen molar-refractivity contribution in [2.75, 3.05) is 44.2 Å². The van der Waals surface area contributed by atoms with Crippen molar-refractivity contribution < 1.29 is 26.4 Å². The minimum absolute atomic E-state index is 0.0862. The van der Waals surface area contributed by atoms with Crippen LogP contribution in [-0.2, 0) is 22.0 Å².